The van der Waals surface area contributed by atoms with Gasteiger partial charge in [0, 0.05) is 24.5 Å². The number of carbonyl (C=O) groups is 2. The lowest BCUT2D eigenvalue weighted by molar-refractivity contribution is 0.0690. The zero-order valence-corrected chi connectivity index (χ0v) is 10.4. The number of aromatic carboxylic acids is 1. The lowest BCUT2D eigenvalue weighted by Crippen LogP contribution is -2.26. The summed E-state index contributed by atoms with van der Waals surface area (Å²) in [7, 11) is 0. The average Bonchev–Trinajstić information content (AvgIpc) is 2.98. The molecule has 0 fully saturated rings. The fourth-order valence-corrected chi connectivity index (χ4v) is 2.13. The predicted octanol–water partition coefficient (Wildman–Crippen LogP) is -0.170. The standard InChI is InChI=1S/C10H10N4O4S/c15-8(5-3-12-10(18)14-5)11-2-1-7-13-6(4-19-7)9(16)17/h3-4H,1-2H2,(H,11,15)(H,16,17)(H2,12,14,18). The van der Waals surface area contributed by atoms with Gasteiger partial charge in [0.1, 0.15) is 5.69 Å². The number of hydrogen-bond acceptors (Lipinski definition) is 5. The van der Waals surface area contributed by atoms with Gasteiger partial charge in [-0.15, -0.1) is 11.3 Å². The van der Waals surface area contributed by atoms with Crippen molar-refractivity contribution >= 4 is 23.2 Å². The third-order valence-electron chi connectivity index (χ3n) is 2.24. The Kier molecular flexibility index (Phi) is 3.76. The number of thiazole rings is 1. The Labute approximate surface area is 110 Å². The number of imidazole rings is 1. The van der Waals surface area contributed by atoms with Gasteiger partial charge in [-0.1, -0.05) is 0 Å². The first-order valence-electron chi connectivity index (χ1n) is 5.30. The highest BCUT2D eigenvalue weighted by atomic mass is 32.1. The Hall–Kier alpha value is -2.42. The van der Waals surface area contributed by atoms with E-state index in [1.165, 1.54) is 22.9 Å². The van der Waals surface area contributed by atoms with Crippen molar-refractivity contribution in [3.63, 3.8) is 0 Å². The van der Waals surface area contributed by atoms with Crippen LogP contribution in [0.1, 0.15) is 26.0 Å². The summed E-state index contributed by atoms with van der Waals surface area (Å²) in [5, 5.41) is 13.4. The van der Waals surface area contributed by atoms with Crippen molar-refractivity contribution in [3.05, 3.63) is 38.5 Å². The molecule has 19 heavy (non-hydrogen) atoms. The van der Waals surface area contributed by atoms with Gasteiger partial charge in [0.15, 0.2) is 5.69 Å². The van der Waals surface area contributed by atoms with Crippen molar-refractivity contribution in [3.8, 4) is 0 Å². The fraction of sp³-hybridized carbons (Fsp3) is 0.200. The third kappa shape index (κ3) is 3.28. The zero-order valence-electron chi connectivity index (χ0n) is 9.60. The minimum absolute atomic E-state index is 0.00120. The van der Waals surface area contributed by atoms with Crippen LogP contribution in [-0.2, 0) is 6.42 Å². The van der Waals surface area contributed by atoms with Crippen LogP contribution in [0.4, 0.5) is 0 Å². The molecule has 0 aliphatic heterocycles. The van der Waals surface area contributed by atoms with Gasteiger partial charge in [0.2, 0.25) is 0 Å². The molecular weight excluding hydrogens is 272 g/mol. The molecule has 0 bridgehead atoms. The van der Waals surface area contributed by atoms with Crippen LogP contribution in [-0.4, -0.2) is 38.5 Å². The van der Waals surface area contributed by atoms with Gasteiger partial charge >= 0.3 is 11.7 Å². The molecule has 100 valence electrons. The summed E-state index contributed by atoms with van der Waals surface area (Å²) in [4.78, 5) is 41.5. The molecule has 2 aromatic heterocycles. The van der Waals surface area contributed by atoms with Crippen LogP contribution < -0.4 is 11.0 Å². The van der Waals surface area contributed by atoms with Crippen LogP contribution in [0, 0.1) is 0 Å². The Bertz CT molecular complexity index is 656. The van der Waals surface area contributed by atoms with Gasteiger partial charge in [-0.25, -0.2) is 14.6 Å². The van der Waals surface area contributed by atoms with Crippen molar-refractivity contribution in [2.75, 3.05) is 6.54 Å². The molecule has 0 aliphatic rings. The summed E-state index contributed by atoms with van der Waals surface area (Å²) in [5.41, 5.74) is -0.298. The van der Waals surface area contributed by atoms with Gasteiger partial charge in [-0.05, 0) is 0 Å². The molecule has 2 rings (SSSR count). The van der Waals surface area contributed by atoms with E-state index in [4.69, 9.17) is 5.11 Å². The van der Waals surface area contributed by atoms with E-state index in [0.717, 1.165) is 0 Å². The number of aromatic nitrogens is 3. The molecule has 0 saturated heterocycles. The zero-order chi connectivity index (χ0) is 13.8. The van der Waals surface area contributed by atoms with E-state index in [1.807, 2.05) is 0 Å². The number of carbonyl (C=O) groups excluding carboxylic acids is 1. The SMILES string of the molecule is O=C(O)c1csc(CCNC(=O)c2c[nH]c(=O)[nH]2)n1. The number of carboxylic acid groups (broad SMARTS) is 1. The second-order valence-electron chi connectivity index (χ2n) is 3.59. The summed E-state index contributed by atoms with van der Waals surface area (Å²) in [5.74, 6) is -1.48. The lowest BCUT2D eigenvalue weighted by Gasteiger charge is -2.00. The van der Waals surface area contributed by atoms with Gasteiger partial charge in [0.25, 0.3) is 5.91 Å². The van der Waals surface area contributed by atoms with E-state index in [0.29, 0.717) is 18.0 Å². The molecule has 2 heterocycles. The maximum atomic E-state index is 11.5. The number of hydrogen-bond donors (Lipinski definition) is 4. The topological polar surface area (TPSA) is 128 Å². The summed E-state index contributed by atoms with van der Waals surface area (Å²) >= 11 is 1.22. The largest absolute Gasteiger partial charge is 0.476 e. The van der Waals surface area contributed by atoms with Gasteiger partial charge in [0.05, 0.1) is 5.01 Å². The number of rotatable bonds is 5. The first-order chi connectivity index (χ1) is 9.06. The Morgan fingerprint density at radius 2 is 2.26 bits per heavy atom. The van der Waals surface area contributed by atoms with Crippen LogP contribution in [0.3, 0.4) is 0 Å². The number of nitrogens with one attached hydrogen (secondary N) is 3. The van der Waals surface area contributed by atoms with E-state index in [1.54, 1.807) is 0 Å². The number of nitrogens with zero attached hydrogens (tertiary/aromatic N) is 1. The maximum Gasteiger partial charge on any atom is 0.355 e. The molecule has 8 nitrogen and oxygen atoms in total. The molecule has 2 aromatic rings. The average molecular weight is 282 g/mol. The molecule has 1 amide bonds. The Morgan fingerprint density at radius 3 is 2.84 bits per heavy atom. The molecular formula is C10H10N4O4S. The molecule has 0 aromatic carbocycles. The van der Waals surface area contributed by atoms with Crippen LogP contribution >= 0.6 is 11.3 Å². The molecule has 0 spiro atoms. The molecule has 0 unspecified atom stereocenters. The van der Waals surface area contributed by atoms with Crippen molar-refractivity contribution < 1.29 is 14.7 Å². The van der Waals surface area contributed by atoms with Crippen molar-refractivity contribution in [2.45, 2.75) is 6.42 Å². The summed E-state index contributed by atoms with van der Waals surface area (Å²) in [6.07, 6.45) is 1.71. The number of aromatic amines is 2. The van der Waals surface area contributed by atoms with E-state index in [9.17, 15) is 14.4 Å². The molecule has 0 aliphatic carbocycles. The molecule has 9 heteroatoms. The van der Waals surface area contributed by atoms with Gasteiger partial charge < -0.3 is 20.4 Å². The van der Waals surface area contributed by atoms with Gasteiger partial charge in [-0.3, -0.25) is 4.79 Å². The quantitative estimate of drug-likeness (QED) is 0.605. The first-order valence-corrected chi connectivity index (χ1v) is 6.18. The predicted molar refractivity (Wildman–Crippen MR) is 66.5 cm³/mol. The normalized spacial score (nSPS) is 10.3. The van der Waals surface area contributed by atoms with E-state index < -0.39 is 17.6 Å². The third-order valence-corrected chi connectivity index (χ3v) is 3.14. The number of carboxylic acids is 1. The van der Waals surface area contributed by atoms with Crippen molar-refractivity contribution in [1.29, 1.82) is 0 Å². The van der Waals surface area contributed by atoms with Crippen LogP contribution in [0.2, 0.25) is 0 Å². The molecule has 0 saturated carbocycles. The van der Waals surface area contributed by atoms with Crippen LogP contribution in [0.5, 0.6) is 0 Å². The second kappa shape index (κ2) is 5.48. The minimum atomic E-state index is -1.07. The second-order valence-corrected chi connectivity index (χ2v) is 4.54. The van der Waals surface area contributed by atoms with Crippen molar-refractivity contribution in [2.24, 2.45) is 0 Å². The first kappa shape index (κ1) is 13.0. The molecule has 4 N–H and O–H groups in total. The highest BCUT2D eigenvalue weighted by Crippen LogP contribution is 2.09. The summed E-state index contributed by atoms with van der Waals surface area (Å²) < 4.78 is 0. The fourth-order valence-electron chi connectivity index (χ4n) is 1.36. The Balaban J connectivity index is 1.84. The number of H-pyrrole nitrogens is 2. The van der Waals surface area contributed by atoms with E-state index >= 15 is 0 Å². The van der Waals surface area contributed by atoms with Gasteiger partial charge in [-0.2, -0.15) is 0 Å². The smallest absolute Gasteiger partial charge is 0.355 e. The maximum absolute atomic E-state index is 11.5. The lowest BCUT2D eigenvalue weighted by atomic mass is 10.4. The minimum Gasteiger partial charge on any atom is -0.476 e. The summed E-state index contributed by atoms with van der Waals surface area (Å²) in [6, 6.07) is 0. The Morgan fingerprint density at radius 1 is 1.47 bits per heavy atom. The van der Waals surface area contributed by atoms with Crippen LogP contribution in [0.25, 0.3) is 0 Å². The van der Waals surface area contributed by atoms with E-state index in [-0.39, 0.29) is 11.4 Å². The highest BCUT2D eigenvalue weighted by Gasteiger charge is 2.10. The van der Waals surface area contributed by atoms with E-state index in [2.05, 4.69) is 20.3 Å². The monoisotopic (exact) mass is 282 g/mol. The highest BCUT2D eigenvalue weighted by molar-refractivity contribution is 7.09. The molecule has 0 atom stereocenters. The molecule has 0 radical (unpaired) electrons. The number of amides is 1. The van der Waals surface area contributed by atoms with Crippen LogP contribution in [0.15, 0.2) is 16.4 Å². The van der Waals surface area contributed by atoms with Crippen molar-refractivity contribution in [1.82, 2.24) is 20.3 Å². The summed E-state index contributed by atoms with van der Waals surface area (Å²) in [6.45, 7) is 0.304.